The molecule has 0 unspecified atom stereocenters. The van der Waals surface area contributed by atoms with E-state index in [0.29, 0.717) is 23.6 Å². The van der Waals surface area contributed by atoms with Crippen LogP contribution in [0.1, 0.15) is 15.9 Å². The van der Waals surface area contributed by atoms with Gasteiger partial charge in [0.1, 0.15) is 5.82 Å². The number of nitrogens with one attached hydrogen (secondary N) is 1. The van der Waals surface area contributed by atoms with Gasteiger partial charge in [0.25, 0.3) is 0 Å². The fraction of sp³-hybridized carbons (Fsp3) is 0.308. The van der Waals surface area contributed by atoms with Gasteiger partial charge in [-0.3, -0.25) is 4.68 Å². The number of rotatable bonds is 5. The topological polar surface area (TPSA) is 95.1 Å². The van der Waals surface area contributed by atoms with Crippen LogP contribution in [-0.2, 0) is 18.2 Å². The zero-order valence-electron chi connectivity index (χ0n) is 11.5. The van der Waals surface area contributed by atoms with Crippen LogP contribution in [-0.4, -0.2) is 34.4 Å². The summed E-state index contributed by atoms with van der Waals surface area (Å²) in [6.07, 6.45) is 6.03. The Kier molecular flexibility index (Phi) is 4.19. The molecule has 106 valence electrons. The quantitative estimate of drug-likeness (QED) is 0.785. The van der Waals surface area contributed by atoms with E-state index in [0.717, 1.165) is 12.0 Å². The summed E-state index contributed by atoms with van der Waals surface area (Å²) in [5.74, 6) is 0.115. The molecular weight excluding hydrogens is 258 g/mol. The maximum Gasteiger partial charge on any atom is 0.340 e. The van der Waals surface area contributed by atoms with Crippen molar-refractivity contribution in [3.63, 3.8) is 0 Å². The lowest BCUT2D eigenvalue weighted by atomic mass is 10.2. The summed E-state index contributed by atoms with van der Waals surface area (Å²) in [7, 11) is 3.19. The largest absolute Gasteiger partial charge is 0.465 e. The standard InChI is InChI=1S/C13H17N5O2/c1-18-8-9(6-17-18)3-4-15-12-5-10(13(19)20-2)11(14)7-16-12/h5-8H,3-4,14H2,1-2H3,(H,15,16). The molecule has 2 rings (SSSR count). The Morgan fingerprint density at radius 3 is 2.95 bits per heavy atom. The Morgan fingerprint density at radius 1 is 1.50 bits per heavy atom. The van der Waals surface area contributed by atoms with Gasteiger partial charge in [0, 0.05) is 19.8 Å². The third-order valence-electron chi connectivity index (χ3n) is 2.82. The molecule has 7 heteroatoms. The molecule has 0 saturated carbocycles. The Labute approximate surface area is 116 Å². The van der Waals surface area contributed by atoms with E-state index in [9.17, 15) is 4.79 Å². The number of carbonyl (C=O) groups is 1. The van der Waals surface area contributed by atoms with Gasteiger partial charge in [-0.1, -0.05) is 0 Å². The average Bonchev–Trinajstić information content (AvgIpc) is 2.85. The second-order valence-corrected chi connectivity index (χ2v) is 4.35. The molecule has 2 aromatic rings. The third kappa shape index (κ3) is 3.25. The molecule has 2 heterocycles. The molecule has 3 N–H and O–H groups in total. The zero-order valence-corrected chi connectivity index (χ0v) is 11.5. The Bertz CT molecular complexity index is 609. The van der Waals surface area contributed by atoms with Crippen molar-refractivity contribution in [2.75, 3.05) is 24.7 Å². The molecule has 7 nitrogen and oxygen atoms in total. The number of ether oxygens (including phenoxy) is 1. The van der Waals surface area contributed by atoms with Gasteiger partial charge in [0.15, 0.2) is 0 Å². The number of hydrogen-bond acceptors (Lipinski definition) is 6. The number of esters is 1. The number of methoxy groups -OCH3 is 1. The highest BCUT2D eigenvalue weighted by Gasteiger charge is 2.11. The van der Waals surface area contributed by atoms with Gasteiger partial charge in [-0.05, 0) is 18.1 Å². The second kappa shape index (κ2) is 6.05. The molecule has 0 spiro atoms. The molecular formula is C13H17N5O2. The lowest BCUT2D eigenvalue weighted by molar-refractivity contribution is 0.0602. The Balaban J connectivity index is 1.97. The maximum absolute atomic E-state index is 11.5. The van der Waals surface area contributed by atoms with Gasteiger partial charge in [0.05, 0.1) is 30.8 Å². The molecule has 2 aromatic heterocycles. The first-order chi connectivity index (χ1) is 9.60. The van der Waals surface area contributed by atoms with Crippen LogP contribution in [0.3, 0.4) is 0 Å². The molecule has 0 aliphatic rings. The Hall–Kier alpha value is -2.57. The summed E-state index contributed by atoms with van der Waals surface area (Å²) in [6, 6.07) is 1.59. The van der Waals surface area contributed by atoms with Crippen molar-refractivity contribution in [3.8, 4) is 0 Å². The summed E-state index contributed by atoms with van der Waals surface area (Å²) in [5, 5.41) is 7.24. The molecule has 0 fully saturated rings. The number of aryl methyl sites for hydroxylation is 1. The predicted molar refractivity (Wildman–Crippen MR) is 75.4 cm³/mol. The highest BCUT2D eigenvalue weighted by molar-refractivity contribution is 5.95. The van der Waals surface area contributed by atoms with Gasteiger partial charge in [-0.25, -0.2) is 9.78 Å². The van der Waals surface area contributed by atoms with E-state index in [1.165, 1.54) is 13.3 Å². The molecule has 0 atom stereocenters. The van der Waals surface area contributed by atoms with Gasteiger partial charge < -0.3 is 15.8 Å². The van der Waals surface area contributed by atoms with Crippen LogP contribution >= 0.6 is 0 Å². The summed E-state index contributed by atoms with van der Waals surface area (Å²) < 4.78 is 6.42. The molecule has 0 radical (unpaired) electrons. The van der Waals surface area contributed by atoms with Crippen molar-refractivity contribution >= 4 is 17.5 Å². The van der Waals surface area contributed by atoms with Crippen molar-refractivity contribution in [1.29, 1.82) is 0 Å². The maximum atomic E-state index is 11.5. The van der Waals surface area contributed by atoms with Crippen LogP contribution in [0.4, 0.5) is 11.5 Å². The smallest absolute Gasteiger partial charge is 0.340 e. The molecule has 0 aromatic carbocycles. The second-order valence-electron chi connectivity index (χ2n) is 4.35. The van der Waals surface area contributed by atoms with Gasteiger partial charge in [-0.2, -0.15) is 5.10 Å². The van der Waals surface area contributed by atoms with Crippen LogP contribution in [0, 0.1) is 0 Å². The number of carbonyl (C=O) groups excluding carboxylic acids is 1. The lowest BCUT2D eigenvalue weighted by Crippen LogP contribution is -2.10. The van der Waals surface area contributed by atoms with E-state index in [4.69, 9.17) is 5.73 Å². The van der Waals surface area contributed by atoms with E-state index in [2.05, 4.69) is 20.1 Å². The molecule has 0 aliphatic carbocycles. The van der Waals surface area contributed by atoms with Crippen LogP contribution in [0.15, 0.2) is 24.7 Å². The fourth-order valence-corrected chi connectivity index (χ4v) is 1.79. The molecule has 0 aliphatic heterocycles. The molecule has 20 heavy (non-hydrogen) atoms. The number of nitrogens with zero attached hydrogens (tertiary/aromatic N) is 3. The first-order valence-corrected chi connectivity index (χ1v) is 6.15. The highest BCUT2D eigenvalue weighted by Crippen LogP contribution is 2.15. The minimum absolute atomic E-state index is 0.301. The average molecular weight is 275 g/mol. The van der Waals surface area contributed by atoms with Crippen LogP contribution in [0.25, 0.3) is 0 Å². The van der Waals surface area contributed by atoms with E-state index >= 15 is 0 Å². The van der Waals surface area contributed by atoms with Crippen LogP contribution in [0.2, 0.25) is 0 Å². The first-order valence-electron chi connectivity index (χ1n) is 6.15. The van der Waals surface area contributed by atoms with Gasteiger partial charge >= 0.3 is 5.97 Å². The van der Waals surface area contributed by atoms with E-state index in [-0.39, 0.29) is 0 Å². The number of nitrogens with two attached hydrogens (primary N) is 1. The molecule has 0 saturated heterocycles. The minimum Gasteiger partial charge on any atom is -0.465 e. The van der Waals surface area contributed by atoms with Crippen molar-refractivity contribution in [2.24, 2.45) is 7.05 Å². The summed E-state index contributed by atoms with van der Waals surface area (Å²) in [4.78, 5) is 15.6. The van der Waals surface area contributed by atoms with Gasteiger partial charge in [-0.15, -0.1) is 0 Å². The lowest BCUT2D eigenvalue weighted by Gasteiger charge is -2.08. The van der Waals surface area contributed by atoms with E-state index in [1.807, 2.05) is 19.4 Å². The molecule has 0 amide bonds. The van der Waals surface area contributed by atoms with E-state index in [1.54, 1.807) is 10.7 Å². The summed E-state index contributed by atoms with van der Waals surface area (Å²) in [5.41, 5.74) is 7.43. The number of hydrogen-bond donors (Lipinski definition) is 2. The number of anilines is 2. The summed E-state index contributed by atoms with van der Waals surface area (Å²) >= 11 is 0. The highest BCUT2D eigenvalue weighted by atomic mass is 16.5. The summed E-state index contributed by atoms with van der Waals surface area (Å²) in [6.45, 7) is 0.684. The zero-order chi connectivity index (χ0) is 14.5. The van der Waals surface area contributed by atoms with E-state index < -0.39 is 5.97 Å². The minimum atomic E-state index is -0.472. The monoisotopic (exact) mass is 275 g/mol. The van der Waals surface area contributed by atoms with Crippen molar-refractivity contribution in [2.45, 2.75) is 6.42 Å². The van der Waals surface area contributed by atoms with Crippen LogP contribution in [0.5, 0.6) is 0 Å². The molecule has 0 bridgehead atoms. The van der Waals surface area contributed by atoms with Gasteiger partial charge in [0.2, 0.25) is 0 Å². The first kappa shape index (κ1) is 13.9. The fourth-order valence-electron chi connectivity index (χ4n) is 1.79. The van der Waals surface area contributed by atoms with Crippen LogP contribution < -0.4 is 11.1 Å². The normalized spacial score (nSPS) is 10.3. The number of pyridine rings is 1. The van der Waals surface area contributed by atoms with Crippen molar-refractivity contribution in [3.05, 3.63) is 35.8 Å². The van der Waals surface area contributed by atoms with Crippen molar-refractivity contribution in [1.82, 2.24) is 14.8 Å². The number of aromatic nitrogens is 3. The number of nitrogen functional groups attached to an aromatic ring is 1. The van der Waals surface area contributed by atoms with Crippen molar-refractivity contribution < 1.29 is 9.53 Å². The Morgan fingerprint density at radius 2 is 2.30 bits per heavy atom. The third-order valence-corrected chi connectivity index (χ3v) is 2.82. The SMILES string of the molecule is COC(=O)c1cc(NCCc2cnn(C)c2)ncc1N. The predicted octanol–water partition coefficient (Wildman–Crippen LogP) is 0.838.